The lowest BCUT2D eigenvalue weighted by Gasteiger charge is -2.47. The molecule has 0 bridgehead atoms. The molecule has 1 heterocycles. The van der Waals surface area contributed by atoms with Gasteiger partial charge in [-0.1, -0.05) is 37.3 Å². The molecule has 3 aromatic carbocycles. The summed E-state index contributed by atoms with van der Waals surface area (Å²) in [5.74, 6) is -0.355. The van der Waals surface area contributed by atoms with Crippen molar-refractivity contribution >= 4 is 28.6 Å². The Morgan fingerprint density at radius 3 is 2.68 bits per heavy atom. The van der Waals surface area contributed by atoms with Crippen LogP contribution >= 0.6 is 0 Å². The van der Waals surface area contributed by atoms with Crippen LogP contribution in [0.4, 0.5) is 10.1 Å². The zero-order valence-electron chi connectivity index (χ0n) is 18.4. The molecule has 31 heavy (non-hydrogen) atoms. The van der Waals surface area contributed by atoms with Gasteiger partial charge < -0.3 is 4.90 Å². The Morgan fingerprint density at radius 1 is 1.19 bits per heavy atom. The van der Waals surface area contributed by atoms with Crippen LogP contribution in [0.3, 0.4) is 0 Å². The third kappa shape index (κ3) is 4.05. The molecule has 1 unspecified atom stereocenters. The molecule has 1 aliphatic rings. The van der Waals surface area contributed by atoms with Gasteiger partial charge in [0.25, 0.3) is 5.91 Å². The zero-order valence-corrected chi connectivity index (χ0v) is 18.4. The molecule has 5 heteroatoms. The quantitative estimate of drug-likeness (QED) is 0.427. The number of nitrogens with one attached hydrogen (secondary N) is 1. The van der Waals surface area contributed by atoms with Crippen LogP contribution in [0, 0.1) is 5.82 Å². The monoisotopic (exact) mass is 417 g/mol. The predicted molar refractivity (Wildman–Crippen MR) is 126 cm³/mol. The lowest BCUT2D eigenvalue weighted by Crippen LogP contribution is -2.48. The topological polar surface area (TPSA) is 44.7 Å². The predicted octanol–water partition coefficient (Wildman–Crippen LogP) is 5.85. The summed E-state index contributed by atoms with van der Waals surface area (Å²) in [7, 11) is 0. The molecule has 0 saturated heterocycles. The van der Waals surface area contributed by atoms with Crippen molar-refractivity contribution in [2.45, 2.75) is 45.6 Å². The second-order valence-corrected chi connectivity index (χ2v) is 8.86. The number of fused-ring (bicyclic) bond motifs is 2. The molecule has 3 aromatic rings. The van der Waals surface area contributed by atoms with Gasteiger partial charge in [-0.05, 0) is 73.7 Å². The van der Waals surface area contributed by atoms with Gasteiger partial charge in [-0.2, -0.15) is 5.10 Å². The highest BCUT2D eigenvalue weighted by atomic mass is 19.1. The van der Waals surface area contributed by atoms with Crippen molar-refractivity contribution in [1.29, 1.82) is 0 Å². The van der Waals surface area contributed by atoms with E-state index in [1.165, 1.54) is 6.21 Å². The van der Waals surface area contributed by atoms with Crippen molar-refractivity contribution in [3.8, 4) is 0 Å². The molecule has 0 aliphatic carbocycles. The second kappa shape index (κ2) is 8.14. The van der Waals surface area contributed by atoms with E-state index < -0.39 is 0 Å². The van der Waals surface area contributed by atoms with Crippen LogP contribution in [0.25, 0.3) is 10.8 Å². The number of anilines is 1. The molecule has 0 fully saturated rings. The summed E-state index contributed by atoms with van der Waals surface area (Å²) >= 11 is 0. The SMILES string of the molecule is CCN1c2cc(F)c(/C=N\NC(=O)c3ccc4ccccc4c3)cc2C(C)CC1(C)C. The number of carbonyl (C=O) groups excluding carboxylic acids is 1. The van der Waals surface area contributed by atoms with E-state index in [-0.39, 0.29) is 17.3 Å². The number of hydrazone groups is 1. The van der Waals surface area contributed by atoms with Gasteiger partial charge in [0.15, 0.2) is 0 Å². The van der Waals surface area contributed by atoms with E-state index in [1.54, 1.807) is 12.1 Å². The Balaban J connectivity index is 1.55. The van der Waals surface area contributed by atoms with Gasteiger partial charge in [-0.3, -0.25) is 4.79 Å². The zero-order chi connectivity index (χ0) is 22.2. The highest BCUT2D eigenvalue weighted by Gasteiger charge is 2.36. The Kier molecular flexibility index (Phi) is 5.52. The van der Waals surface area contributed by atoms with E-state index in [1.807, 2.05) is 42.5 Å². The third-order valence-electron chi connectivity index (χ3n) is 6.20. The summed E-state index contributed by atoms with van der Waals surface area (Å²) in [5.41, 5.74) is 5.45. The normalized spacial score (nSPS) is 17.7. The Labute approximate surface area is 182 Å². The van der Waals surface area contributed by atoms with Crippen LogP contribution in [0.2, 0.25) is 0 Å². The molecule has 1 N–H and O–H groups in total. The van der Waals surface area contributed by atoms with Crippen LogP contribution in [0.1, 0.15) is 61.5 Å². The molecule has 1 aliphatic heterocycles. The van der Waals surface area contributed by atoms with Crippen LogP contribution in [0.15, 0.2) is 59.7 Å². The summed E-state index contributed by atoms with van der Waals surface area (Å²) in [6.07, 6.45) is 2.38. The van der Waals surface area contributed by atoms with E-state index in [0.29, 0.717) is 17.0 Å². The van der Waals surface area contributed by atoms with Gasteiger partial charge in [-0.25, -0.2) is 9.82 Å². The Morgan fingerprint density at radius 2 is 1.94 bits per heavy atom. The lowest BCUT2D eigenvalue weighted by molar-refractivity contribution is 0.0955. The minimum Gasteiger partial charge on any atom is -0.366 e. The second-order valence-electron chi connectivity index (χ2n) is 8.86. The molecule has 0 aromatic heterocycles. The van der Waals surface area contributed by atoms with Crippen LogP contribution < -0.4 is 10.3 Å². The first-order valence-electron chi connectivity index (χ1n) is 10.7. The first kappa shape index (κ1) is 21.0. The maximum absolute atomic E-state index is 14.9. The van der Waals surface area contributed by atoms with Gasteiger partial charge in [0, 0.05) is 28.9 Å². The number of amides is 1. The molecule has 0 spiro atoms. The molecular formula is C26H28FN3O. The first-order valence-corrected chi connectivity index (χ1v) is 10.7. The highest BCUT2D eigenvalue weighted by molar-refractivity contribution is 5.99. The molecule has 0 radical (unpaired) electrons. The van der Waals surface area contributed by atoms with Gasteiger partial charge in [0.05, 0.1) is 6.21 Å². The molecule has 160 valence electrons. The largest absolute Gasteiger partial charge is 0.366 e. The summed E-state index contributed by atoms with van der Waals surface area (Å²) in [4.78, 5) is 14.7. The minimum absolute atomic E-state index is 0.0168. The maximum atomic E-state index is 14.9. The van der Waals surface area contributed by atoms with E-state index in [2.05, 4.69) is 43.1 Å². The fraction of sp³-hybridized carbons (Fsp3) is 0.308. The van der Waals surface area contributed by atoms with E-state index in [4.69, 9.17) is 0 Å². The van der Waals surface area contributed by atoms with Crippen LogP contribution in [-0.4, -0.2) is 24.2 Å². The fourth-order valence-corrected chi connectivity index (χ4v) is 4.77. The molecule has 1 atom stereocenters. The first-order chi connectivity index (χ1) is 14.8. The van der Waals surface area contributed by atoms with E-state index >= 15 is 0 Å². The van der Waals surface area contributed by atoms with Crippen molar-refractivity contribution < 1.29 is 9.18 Å². The molecule has 4 rings (SSSR count). The van der Waals surface area contributed by atoms with E-state index in [0.717, 1.165) is 35.0 Å². The number of carbonyl (C=O) groups is 1. The standard InChI is InChI=1S/C26H28FN3O/c1-5-30-24-14-23(27)21(13-22(24)17(2)15-26(30,3)4)16-28-29-25(31)20-11-10-18-8-6-7-9-19(18)12-20/h6-14,16-17H,5,15H2,1-4H3,(H,29,31)/b28-16-. The number of rotatable bonds is 4. The Bertz CT molecular complexity index is 1170. The van der Waals surface area contributed by atoms with Gasteiger partial charge >= 0.3 is 0 Å². The number of benzene rings is 3. The molecule has 4 nitrogen and oxygen atoms in total. The number of halogens is 1. The smallest absolute Gasteiger partial charge is 0.271 e. The van der Waals surface area contributed by atoms with Crippen molar-refractivity contribution in [2.75, 3.05) is 11.4 Å². The van der Waals surface area contributed by atoms with Crippen LogP contribution in [0.5, 0.6) is 0 Å². The maximum Gasteiger partial charge on any atom is 0.271 e. The van der Waals surface area contributed by atoms with Gasteiger partial charge in [0.2, 0.25) is 0 Å². The summed E-state index contributed by atoms with van der Waals surface area (Å²) in [6.45, 7) is 9.49. The Hall–Kier alpha value is -3.21. The average Bonchev–Trinajstić information content (AvgIpc) is 2.73. The minimum atomic E-state index is -0.342. The van der Waals surface area contributed by atoms with Gasteiger partial charge in [0.1, 0.15) is 5.82 Å². The highest BCUT2D eigenvalue weighted by Crippen LogP contribution is 2.43. The van der Waals surface area contributed by atoms with Crippen molar-refractivity contribution in [3.05, 3.63) is 77.1 Å². The van der Waals surface area contributed by atoms with Gasteiger partial charge in [-0.15, -0.1) is 0 Å². The summed E-state index contributed by atoms with van der Waals surface area (Å²) < 4.78 is 14.9. The fourth-order valence-electron chi connectivity index (χ4n) is 4.77. The van der Waals surface area contributed by atoms with Crippen molar-refractivity contribution in [3.63, 3.8) is 0 Å². The van der Waals surface area contributed by atoms with E-state index in [9.17, 15) is 9.18 Å². The number of hydrogen-bond donors (Lipinski definition) is 1. The summed E-state index contributed by atoms with van der Waals surface area (Å²) in [6, 6.07) is 16.8. The molecule has 1 amide bonds. The lowest BCUT2D eigenvalue weighted by atomic mass is 9.79. The number of nitrogens with zero attached hydrogens (tertiary/aromatic N) is 2. The van der Waals surface area contributed by atoms with Crippen molar-refractivity contribution in [1.82, 2.24) is 5.43 Å². The summed E-state index contributed by atoms with van der Waals surface area (Å²) in [5, 5.41) is 6.07. The number of hydrogen-bond acceptors (Lipinski definition) is 3. The molecular weight excluding hydrogens is 389 g/mol. The van der Waals surface area contributed by atoms with Crippen molar-refractivity contribution in [2.24, 2.45) is 5.10 Å². The third-order valence-corrected chi connectivity index (χ3v) is 6.20. The molecule has 0 saturated carbocycles. The van der Waals surface area contributed by atoms with Crippen LogP contribution in [-0.2, 0) is 0 Å². The average molecular weight is 418 g/mol.